The van der Waals surface area contributed by atoms with Crippen molar-refractivity contribution in [3.8, 4) is 0 Å². The summed E-state index contributed by atoms with van der Waals surface area (Å²) in [5, 5.41) is 10.5. The number of carboxylic acid groups (broad SMARTS) is 1. The van der Waals surface area contributed by atoms with Crippen molar-refractivity contribution in [2.24, 2.45) is 5.84 Å². The van der Waals surface area contributed by atoms with Gasteiger partial charge in [-0.15, -0.1) is 0 Å². The average Bonchev–Trinajstić information content (AvgIpc) is 2.73. The SMILES string of the molecule is CCCCC(CC)(CC)N(N)CCC.CCCCCCCCCCCCCC(=O)O. The van der Waals surface area contributed by atoms with Crippen LogP contribution < -0.4 is 5.84 Å². The quantitative estimate of drug-likeness (QED) is 0.117. The molecule has 0 spiro atoms. The largest absolute Gasteiger partial charge is 0.481 e. The van der Waals surface area contributed by atoms with Crippen molar-refractivity contribution in [3.05, 3.63) is 0 Å². The number of nitrogens with two attached hydrogens (primary N) is 1. The van der Waals surface area contributed by atoms with E-state index in [9.17, 15) is 4.79 Å². The van der Waals surface area contributed by atoms with Gasteiger partial charge >= 0.3 is 5.97 Å². The van der Waals surface area contributed by atoms with Gasteiger partial charge in [0, 0.05) is 18.5 Å². The van der Waals surface area contributed by atoms with E-state index < -0.39 is 5.97 Å². The van der Waals surface area contributed by atoms with E-state index in [0.29, 0.717) is 6.42 Å². The van der Waals surface area contributed by atoms with Gasteiger partial charge in [-0.2, -0.15) is 0 Å². The summed E-state index contributed by atoms with van der Waals surface area (Å²) in [5.74, 6) is 5.50. The highest BCUT2D eigenvalue weighted by molar-refractivity contribution is 5.66. The number of aliphatic carboxylic acids is 1. The Bertz CT molecular complexity index is 357. The van der Waals surface area contributed by atoms with Crippen molar-refractivity contribution in [2.75, 3.05) is 6.54 Å². The van der Waals surface area contributed by atoms with Crippen molar-refractivity contribution in [1.29, 1.82) is 0 Å². The Hall–Kier alpha value is -0.610. The van der Waals surface area contributed by atoms with Crippen LogP contribution in [0.3, 0.4) is 0 Å². The summed E-state index contributed by atoms with van der Waals surface area (Å²) in [6, 6.07) is 0. The van der Waals surface area contributed by atoms with Gasteiger partial charge in [0.05, 0.1) is 0 Å². The summed E-state index contributed by atoms with van der Waals surface area (Å²) in [4.78, 5) is 10.3. The molecular formula is C26H56N2O2. The van der Waals surface area contributed by atoms with Crippen molar-refractivity contribution in [2.45, 2.75) is 156 Å². The van der Waals surface area contributed by atoms with Crippen LogP contribution in [0.1, 0.15) is 150 Å². The van der Waals surface area contributed by atoms with Crippen LogP contribution in [0.5, 0.6) is 0 Å². The van der Waals surface area contributed by atoms with Gasteiger partial charge in [0.15, 0.2) is 0 Å². The Morgan fingerprint density at radius 2 is 1.13 bits per heavy atom. The third-order valence-corrected chi connectivity index (χ3v) is 6.38. The minimum Gasteiger partial charge on any atom is -0.481 e. The summed E-state index contributed by atoms with van der Waals surface area (Å²) >= 11 is 0. The highest BCUT2D eigenvalue weighted by atomic mass is 16.4. The topological polar surface area (TPSA) is 66.6 Å². The first-order chi connectivity index (χ1) is 14.4. The molecule has 0 bridgehead atoms. The second-order valence-corrected chi connectivity index (χ2v) is 8.91. The van der Waals surface area contributed by atoms with Crippen LogP contribution in [0.15, 0.2) is 0 Å². The van der Waals surface area contributed by atoms with Crippen molar-refractivity contribution in [1.82, 2.24) is 5.01 Å². The fourth-order valence-electron chi connectivity index (χ4n) is 4.08. The molecule has 0 rings (SSSR count). The molecule has 0 amide bonds. The lowest BCUT2D eigenvalue weighted by molar-refractivity contribution is -0.137. The van der Waals surface area contributed by atoms with Crippen molar-refractivity contribution in [3.63, 3.8) is 0 Å². The highest BCUT2D eigenvalue weighted by Crippen LogP contribution is 2.27. The number of hydrogen-bond donors (Lipinski definition) is 2. The van der Waals surface area contributed by atoms with Crippen LogP contribution in [-0.4, -0.2) is 28.2 Å². The van der Waals surface area contributed by atoms with Crippen LogP contribution in [0.25, 0.3) is 0 Å². The molecule has 0 aromatic carbocycles. The van der Waals surface area contributed by atoms with E-state index in [-0.39, 0.29) is 5.54 Å². The molecule has 0 fully saturated rings. The molecule has 0 aromatic heterocycles. The Balaban J connectivity index is 0. The molecule has 3 N–H and O–H groups in total. The molecule has 0 aliphatic heterocycles. The van der Waals surface area contributed by atoms with E-state index in [1.807, 2.05) is 0 Å². The lowest BCUT2D eigenvalue weighted by atomic mass is 9.86. The van der Waals surface area contributed by atoms with Gasteiger partial charge in [0.2, 0.25) is 0 Å². The maximum absolute atomic E-state index is 10.3. The smallest absolute Gasteiger partial charge is 0.303 e. The van der Waals surface area contributed by atoms with Gasteiger partial charge in [-0.1, -0.05) is 112 Å². The second-order valence-electron chi connectivity index (χ2n) is 8.91. The van der Waals surface area contributed by atoms with E-state index in [2.05, 4.69) is 39.6 Å². The molecule has 0 radical (unpaired) electrons. The van der Waals surface area contributed by atoms with Gasteiger partial charge in [-0.05, 0) is 32.1 Å². The first kappa shape index (κ1) is 31.6. The molecule has 4 nitrogen and oxygen atoms in total. The summed E-state index contributed by atoms with van der Waals surface area (Å²) in [7, 11) is 0. The third-order valence-electron chi connectivity index (χ3n) is 6.38. The summed E-state index contributed by atoms with van der Waals surface area (Å²) < 4.78 is 0. The van der Waals surface area contributed by atoms with E-state index in [1.54, 1.807) is 0 Å². The van der Waals surface area contributed by atoms with E-state index in [0.717, 1.165) is 25.8 Å². The van der Waals surface area contributed by atoms with Crippen molar-refractivity contribution < 1.29 is 9.90 Å². The Morgan fingerprint density at radius 3 is 1.50 bits per heavy atom. The van der Waals surface area contributed by atoms with Gasteiger partial charge in [0.25, 0.3) is 0 Å². The molecule has 0 aliphatic rings. The maximum atomic E-state index is 10.3. The number of carboxylic acids is 1. The monoisotopic (exact) mass is 428 g/mol. The summed E-state index contributed by atoms with van der Waals surface area (Å²) in [6.07, 6.45) is 21.6. The zero-order valence-corrected chi connectivity index (χ0v) is 21.3. The molecule has 0 unspecified atom stereocenters. The standard InChI is InChI=1S/C14H28O2.C12H28N2/c1-2-3-4-5-6-7-8-9-10-11-12-13-14(15)16;1-5-9-10-12(7-3,8-4)14(13)11-6-2/h2-13H2,1H3,(H,15,16);5-11,13H2,1-4H3. The third kappa shape index (κ3) is 18.2. The molecule has 30 heavy (non-hydrogen) atoms. The van der Waals surface area contributed by atoms with Crippen LogP contribution in [-0.2, 0) is 4.79 Å². The number of rotatable bonds is 20. The van der Waals surface area contributed by atoms with E-state index in [4.69, 9.17) is 10.9 Å². The molecular weight excluding hydrogens is 372 g/mol. The number of carbonyl (C=O) groups is 1. The first-order valence-corrected chi connectivity index (χ1v) is 13.2. The molecule has 0 aromatic rings. The van der Waals surface area contributed by atoms with Crippen LogP contribution >= 0.6 is 0 Å². The van der Waals surface area contributed by atoms with Gasteiger partial charge in [-0.3, -0.25) is 10.6 Å². The van der Waals surface area contributed by atoms with Crippen LogP contribution in [0.2, 0.25) is 0 Å². The number of nitrogens with zero attached hydrogens (tertiary/aromatic N) is 1. The normalized spacial score (nSPS) is 11.4. The summed E-state index contributed by atoms with van der Waals surface area (Å²) in [6.45, 7) is 12.2. The van der Waals surface area contributed by atoms with E-state index in [1.165, 1.54) is 89.9 Å². The number of unbranched alkanes of at least 4 members (excludes halogenated alkanes) is 11. The second kappa shape index (κ2) is 23.1. The number of hydrazine groups is 1. The highest BCUT2D eigenvalue weighted by Gasteiger charge is 2.30. The fourth-order valence-corrected chi connectivity index (χ4v) is 4.08. The predicted octanol–water partition coefficient (Wildman–Crippen LogP) is 8.09. The molecule has 0 heterocycles. The van der Waals surface area contributed by atoms with Gasteiger partial charge in [0.1, 0.15) is 0 Å². The van der Waals surface area contributed by atoms with Crippen molar-refractivity contribution >= 4 is 5.97 Å². The minimum atomic E-state index is -0.657. The molecule has 0 aliphatic carbocycles. The van der Waals surface area contributed by atoms with Crippen LogP contribution in [0, 0.1) is 0 Å². The molecule has 0 saturated carbocycles. The molecule has 0 saturated heterocycles. The Morgan fingerprint density at radius 1 is 0.700 bits per heavy atom. The zero-order chi connectivity index (χ0) is 23.1. The zero-order valence-electron chi connectivity index (χ0n) is 21.3. The Kier molecular flexibility index (Phi) is 24.3. The maximum Gasteiger partial charge on any atom is 0.303 e. The summed E-state index contributed by atoms with van der Waals surface area (Å²) in [5.41, 5.74) is 0.256. The van der Waals surface area contributed by atoms with Gasteiger partial charge in [-0.25, -0.2) is 5.01 Å². The van der Waals surface area contributed by atoms with E-state index >= 15 is 0 Å². The van der Waals surface area contributed by atoms with Gasteiger partial charge < -0.3 is 5.11 Å². The van der Waals surface area contributed by atoms with Crippen LogP contribution in [0.4, 0.5) is 0 Å². The number of hydrogen-bond acceptors (Lipinski definition) is 3. The molecule has 182 valence electrons. The molecule has 0 atom stereocenters. The predicted molar refractivity (Wildman–Crippen MR) is 133 cm³/mol. The Labute approximate surface area is 189 Å². The molecule has 4 heteroatoms. The lowest BCUT2D eigenvalue weighted by Crippen LogP contribution is -2.52. The first-order valence-electron chi connectivity index (χ1n) is 13.2. The fraction of sp³-hybridized carbons (Fsp3) is 0.962. The average molecular weight is 429 g/mol. The minimum absolute atomic E-state index is 0.256. The lowest BCUT2D eigenvalue weighted by Gasteiger charge is -2.40.